The number of morpholine rings is 1. The van der Waals surface area contributed by atoms with Gasteiger partial charge in [0.05, 0.1) is 13.2 Å². The third kappa shape index (κ3) is 6.10. The molecule has 0 spiro atoms. The number of rotatable bonds is 5. The zero-order chi connectivity index (χ0) is 16.0. The van der Waals surface area contributed by atoms with E-state index in [0.29, 0.717) is 6.04 Å². The van der Waals surface area contributed by atoms with Crippen LogP contribution in [0.15, 0.2) is 0 Å². The van der Waals surface area contributed by atoms with Crippen LogP contribution >= 0.6 is 0 Å². The smallest absolute Gasteiger partial charge is 0.410 e. The summed E-state index contributed by atoms with van der Waals surface area (Å²) in [5.41, 5.74) is -0.416. The lowest BCUT2D eigenvalue weighted by atomic mass is 10.2. The molecule has 0 aromatic carbocycles. The van der Waals surface area contributed by atoms with Crippen LogP contribution in [0.4, 0.5) is 4.79 Å². The molecule has 0 radical (unpaired) electrons. The van der Waals surface area contributed by atoms with Gasteiger partial charge in [-0.2, -0.15) is 0 Å². The fourth-order valence-electron chi connectivity index (χ4n) is 2.85. The van der Waals surface area contributed by atoms with Gasteiger partial charge in [-0.05, 0) is 46.7 Å². The molecular formula is C16H31N3O3. The lowest BCUT2D eigenvalue weighted by Gasteiger charge is -2.26. The van der Waals surface area contributed by atoms with Crippen molar-refractivity contribution in [1.29, 1.82) is 0 Å². The van der Waals surface area contributed by atoms with Crippen molar-refractivity contribution in [1.82, 2.24) is 15.1 Å². The van der Waals surface area contributed by atoms with Crippen molar-refractivity contribution >= 4 is 6.09 Å². The first kappa shape index (κ1) is 17.5. The molecule has 128 valence electrons. The molecule has 1 N–H and O–H groups in total. The van der Waals surface area contributed by atoms with Crippen LogP contribution in [0.1, 0.15) is 33.6 Å². The maximum Gasteiger partial charge on any atom is 0.410 e. The SMILES string of the molecule is CC(C)(C)OC(=O)N1CC[C@@H](NCCCN2CCOCC2)C1. The molecule has 1 atom stereocenters. The fraction of sp³-hybridized carbons (Fsp3) is 0.938. The Morgan fingerprint density at radius 2 is 2.00 bits per heavy atom. The van der Waals surface area contributed by atoms with Crippen LogP contribution in [-0.4, -0.2) is 80.0 Å². The van der Waals surface area contributed by atoms with Crippen molar-refractivity contribution in [2.24, 2.45) is 0 Å². The summed E-state index contributed by atoms with van der Waals surface area (Å²) in [6.07, 6.45) is 1.96. The predicted octanol–water partition coefficient (Wildman–Crippen LogP) is 1.31. The van der Waals surface area contributed by atoms with E-state index in [1.165, 1.54) is 0 Å². The maximum absolute atomic E-state index is 12.0. The fourth-order valence-corrected chi connectivity index (χ4v) is 2.85. The van der Waals surface area contributed by atoms with Gasteiger partial charge in [-0.15, -0.1) is 0 Å². The Balaban J connectivity index is 1.57. The van der Waals surface area contributed by atoms with E-state index in [4.69, 9.17) is 9.47 Å². The molecule has 1 amide bonds. The number of carbonyl (C=O) groups excluding carboxylic acids is 1. The molecule has 22 heavy (non-hydrogen) atoms. The lowest BCUT2D eigenvalue weighted by molar-refractivity contribution is 0.0291. The van der Waals surface area contributed by atoms with Gasteiger partial charge in [0.15, 0.2) is 0 Å². The maximum atomic E-state index is 12.0. The van der Waals surface area contributed by atoms with Crippen LogP contribution in [0, 0.1) is 0 Å². The van der Waals surface area contributed by atoms with Crippen LogP contribution in [0.2, 0.25) is 0 Å². The second-order valence-corrected chi connectivity index (χ2v) is 7.17. The Morgan fingerprint density at radius 3 is 2.68 bits per heavy atom. The Morgan fingerprint density at radius 1 is 1.27 bits per heavy atom. The van der Waals surface area contributed by atoms with Gasteiger partial charge in [0.2, 0.25) is 0 Å². The summed E-state index contributed by atoms with van der Waals surface area (Å²) in [7, 11) is 0. The summed E-state index contributed by atoms with van der Waals surface area (Å²) in [5, 5.41) is 3.56. The van der Waals surface area contributed by atoms with Gasteiger partial charge < -0.3 is 19.7 Å². The Kier molecular flexibility index (Phi) is 6.47. The molecule has 2 heterocycles. The number of ether oxygens (including phenoxy) is 2. The minimum Gasteiger partial charge on any atom is -0.444 e. The van der Waals surface area contributed by atoms with E-state index in [1.807, 2.05) is 25.7 Å². The molecule has 2 saturated heterocycles. The van der Waals surface area contributed by atoms with Crippen LogP contribution in [0.5, 0.6) is 0 Å². The van der Waals surface area contributed by atoms with Crippen LogP contribution < -0.4 is 5.32 Å². The topological polar surface area (TPSA) is 54.0 Å². The van der Waals surface area contributed by atoms with Crippen molar-refractivity contribution in [2.45, 2.75) is 45.3 Å². The van der Waals surface area contributed by atoms with Crippen LogP contribution in [0.25, 0.3) is 0 Å². The zero-order valence-electron chi connectivity index (χ0n) is 14.3. The summed E-state index contributed by atoms with van der Waals surface area (Å²) in [6.45, 7) is 13.2. The third-order valence-electron chi connectivity index (χ3n) is 4.03. The van der Waals surface area contributed by atoms with Crippen LogP contribution in [0.3, 0.4) is 0 Å². The summed E-state index contributed by atoms with van der Waals surface area (Å²) in [4.78, 5) is 16.3. The first-order chi connectivity index (χ1) is 10.4. The molecule has 2 aliphatic rings. The van der Waals surface area contributed by atoms with Gasteiger partial charge in [-0.3, -0.25) is 4.90 Å². The molecule has 2 aliphatic heterocycles. The summed E-state index contributed by atoms with van der Waals surface area (Å²) in [6, 6.07) is 0.400. The highest BCUT2D eigenvalue weighted by molar-refractivity contribution is 5.68. The monoisotopic (exact) mass is 313 g/mol. The van der Waals surface area contributed by atoms with E-state index in [1.54, 1.807) is 0 Å². The van der Waals surface area contributed by atoms with Crippen molar-refractivity contribution in [2.75, 3.05) is 52.5 Å². The molecule has 0 unspecified atom stereocenters. The van der Waals surface area contributed by atoms with E-state index in [0.717, 1.165) is 65.3 Å². The average Bonchev–Trinajstić information content (AvgIpc) is 2.92. The number of nitrogens with one attached hydrogen (secondary N) is 1. The van der Waals surface area contributed by atoms with Crippen molar-refractivity contribution < 1.29 is 14.3 Å². The van der Waals surface area contributed by atoms with Gasteiger partial charge in [-0.25, -0.2) is 4.79 Å². The molecule has 2 fully saturated rings. The number of likely N-dealkylation sites (tertiary alicyclic amines) is 1. The Hall–Kier alpha value is -0.850. The first-order valence-corrected chi connectivity index (χ1v) is 8.45. The van der Waals surface area contributed by atoms with Gasteiger partial charge in [-0.1, -0.05) is 0 Å². The third-order valence-corrected chi connectivity index (χ3v) is 4.03. The minimum absolute atomic E-state index is 0.190. The van der Waals surface area contributed by atoms with Crippen molar-refractivity contribution in [3.05, 3.63) is 0 Å². The average molecular weight is 313 g/mol. The van der Waals surface area contributed by atoms with E-state index >= 15 is 0 Å². The number of hydrogen-bond donors (Lipinski definition) is 1. The summed E-state index contributed by atoms with van der Waals surface area (Å²) >= 11 is 0. The standard InChI is InChI=1S/C16H31N3O3/c1-16(2,3)22-15(20)19-8-5-14(13-19)17-6-4-7-18-9-11-21-12-10-18/h14,17H,4-13H2,1-3H3/t14-/m1/s1. The molecule has 6 heteroatoms. The second kappa shape index (κ2) is 8.13. The van der Waals surface area contributed by atoms with Crippen molar-refractivity contribution in [3.8, 4) is 0 Å². The molecule has 0 aromatic rings. The van der Waals surface area contributed by atoms with E-state index in [9.17, 15) is 4.79 Å². The molecule has 2 rings (SSSR count). The van der Waals surface area contributed by atoms with Crippen molar-refractivity contribution in [3.63, 3.8) is 0 Å². The quantitative estimate of drug-likeness (QED) is 0.776. The molecular weight excluding hydrogens is 282 g/mol. The normalized spacial score (nSPS) is 23.8. The number of amides is 1. The highest BCUT2D eigenvalue weighted by Gasteiger charge is 2.29. The molecule has 0 aliphatic carbocycles. The lowest BCUT2D eigenvalue weighted by Crippen LogP contribution is -2.40. The second-order valence-electron chi connectivity index (χ2n) is 7.17. The highest BCUT2D eigenvalue weighted by Crippen LogP contribution is 2.15. The minimum atomic E-state index is -0.416. The van der Waals surface area contributed by atoms with E-state index in [2.05, 4.69) is 10.2 Å². The zero-order valence-corrected chi connectivity index (χ0v) is 14.3. The Bertz CT molecular complexity index is 351. The van der Waals surface area contributed by atoms with Crippen LogP contribution in [-0.2, 0) is 9.47 Å². The number of hydrogen-bond acceptors (Lipinski definition) is 5. The summed E-state index contributed by atoms with van der Waals surface area (Å²) in [5.74, 6) is 0. The van der Waals surface area contributed by atoms with Gasteiger partial charge in [0.25, 0.3) is 0 Å². The first-order valence-electron chi connectivity index (χ1n) is 8.45. The molecule has 6 nitrogen and oxygen atoms in total. The Labute approximate surface area is 134 Å². The van der Waals surface area contributed by atoms with Gasteiger partial charge in [0.1, 0.15) is 5.60 Å². The van der Waals surface area contributed by atoms with E-state index in [-0.39, 0.29) is 6.09 Å². The highest BCUT2D eigenvalue weighted by atomic mass is 16.6. The largest absolute Gasteiger partial charge is 0.444 e. The number of nitrogens with zero attached hydrogens (tertiary/aromatic N) is 2. The van der Waals surface area contributed by atoms with Gasteiger partial charge in [0, 0.05) is 32.2 Å². The number of carbonyl (C=O) groups is 1. The summed E-state index contributed by atoms with van der Waals surface area (Å²) < 4.78 is 10.8. The molecule has 0 bridgehead atoms. The predicted molar refractivity (Wildman–Crippen MR) is 86.1 cm³/mol. The molecule has 0 aromatic heterocycles. The van der Waals surface area contributed by atoms with E-state index < -0.39 is 5.60 Å². The molecule has 0 saturated carbocycles. The van der Waals surface area contributed by atoms with Gasteiger partial charge >= 0.3 is 6.09 Å².